The van der Waals surface area contributed by atoms with Gasteiger partial charge in [0.2, 0.25) is 0 Å². The largest absolute Gasteiger partial charge is 0.497 e. The molecule has 2 atom stereocenters. The second kappa shape index (κ2) is 5.01. The smallest absolute Gasteiger partial charge is 0.118 e. The van der Waals surface area contributed by atoms with Crippen molar-refractivity contribution >= 4 is 0 Å². The summed E-state index contributed by atoms with van der Waals surface area (Å²) < 4.78 is 6.97. The molecular weight excluding hydrogens is 216 g/mol. The van der Waals surface area contributed by atoms with Gasteiger partial charge in [0, 0.05) is 12.4 Å². The number of nitrogens with zero attached hydrogens (tertiary/aromatic N) is 2. The van der Waals surface area contributed by atoms with Crippen molar-refractivity contribution in [3.05, 3.63) is 48.5 Å². The third-order valence-corrected chi connectivity index (χ3v) is 2.91. The van der Waals surface area contributed by atoms with Crippen LogP contribution in [0, 0.1) is 0 Å². The van der Waals surface area contributed by atoms with Gasteiger partial charge < -0.3 is 14.4 Å². The Labute approximate surface area is 100 Å². The lowest BCUT2D eigenvalue weighted by atomic mass is 10.0. The summed E-state index contributed by atoms with van der Waals surface area (Å²) in [6, 6.07) is 7.39. The van der Waals surface area contributed by atoms with E-state index in [1.54, 1.807) is 19.6 Å². The molecule has 0 bridgehead atoms. The number of aromatic nitrogens is 2. The molecule has 0 radical (unpaired) electrons. The fourth-order valence-corrected chi connectivity index (χ4v) is 1.75. The predicted octanol–water partition coefficient (Wildman–Crippen LogP) is 2.19. The molecule has 1 heterocycles. The molecule has 0 saturated carbocycles. The van der Waals surface area contributed by atoms with Gasteiger partial charge in [-0.2, -0.15) is 0 Å². The Hall–Kier alpha value is -1.81. The Bertz CT molecular complexity index is 451. The molecule has 0 aliphatic heterocycles. The van der Waals surface area contributed by atoms with Crippen molar-refractivity contribution in [2.24, 2.45) is 0 Å². The van der Waals surface area contributed by atoms with E-state index in [1.165, 1.54) is 0 Å². The lowest BCUT2D eigenvalue weighted by molar-refractivity contribution is 0.122. The van der Waals surface area contributed by atoms with Crippen LogP contribution in [0.4, 0.5) is 0 Å². The Balaban J connectivity index is 2.16. The Morgan fingerprint density at radius 3 is 2.53 bits per heavy atom. The lowest BCUT2D eigenvalue weighted by Gasteiger charge is -2.20. The second-order valence-electron chi connectivity index (χ2n) is 3.97. The highest BCUT2D eigenvalue weighted by Crippen LogP contribution is 2.26. The predicted molar refractivity (Wildman–Crippen MR) is 64.9 cm³/mol. The normalized spacial score (nSPS) is 14.3. The monoisotopic (exact) mass is 232 g/mol. The zero-order valence-corrected chi connectivity index (χ0v) is 9.95. The summed E-state index contributed by atoms with van der Waals surface area (Å²) >= 11 is 0. The summed E-state index contributed by atoms with van der Waals surface area (Å²) in [6.45, 7) is 1.95. The Kier molecular flexibility index (Phi) is 3.44. The van der Waals surface area contributed by atoms with E-state index in [0.29, 0.717) is 0 Å². The number of imidazole rings is 1. The zero-order valence-electron chi connectivity index (χ0n) is 9.95. The molecule has 0 fully saturated rings. The molecule has 4 nitrogen and oxygen atoms in total. The summed E-state index contributed by atoms with van der Waals surface area (Å²) in [7, 11) is 1.62. The Morgan fingerprint density at radius 1 is 1.29 bits per heavy atom. The van der Waals surface area contributed by atoms with Crippen LogP contribution in [0.2, 0.25) is 0 Å². The number of aliphatic hydroxyl groups excluding tert-OH is 1. The van der Waals surface area contributed by atoms with Crippen molar-refractivity contribution in [1.82, 2.24) is 9.55 Å². The van der Waals surface area contributed by atoms with Gasteiger partial charge in [-0.05, 0) is 24.6 Å². The highest BCUT2D eigenvalue weighted by Gasteiger charge is 2.17. The van der Waals surface area contributed by atoms with Gasteiger partial charge in [-0.1, -0.05) is 12.1 Å². The van der Waals surface area contributed by atoms with Crippen molar-refractivity contribution in [3.63, 3.8) is 0 Å². The number of benzene rings is 1. The summed E-state index contributed by atoms with van der Waals surface area (Å²) in [5.74, 6) is 0.788. The van der Waals surface area contributed by atoms with Crippen LogP contribution < -0.4 is 4.74 Å². The maximum absolute atomic E-state index is 10.2. The molecule has 0 spiro atoms. The van der Waals surface area contributed by atoms with Gasteiger partial charge in [0.25, 0.3) is 0 Å². The maximum atomic E-state index is 10.2. The molecule has 0 aliphatic rings. The average molecular weight is 232 g/mol. The fraction of sp³-hybridized carbons (Fsp3) is 0.308. The summed E-state index contributed by atoms with van der Waals surface area (Å²) in [5, 5.41) is 10.2. The average Bonchev–Trinajstić information content (AvgIpc) is 2.91. The summed E-state index contributed by atoms with van der Waals surface area (Å²) in [4.78, 5) is 3.98. The van der Waals surface area contributed by atoms with Crippen molar-refractivity contribution in [2.45, 2.75) is 19.1 Å². The number of methoxy groups -OCH3 is 1. The molecule has 0 amide bonds. The van der Waals surface area contributed by atoms with Crippen LogP contribution in [0.1, 0.15) is 24.6 Å². The molecule has 2 rings (SSSR count). The number of hydrogen-bond acceptors (Lipinski definition) is 3. The molecule has 2 unspecified atom stereocenters. The lowest BCUT2D eigenvalue weighted by Crippen LogP contribution is -2.13. The van der Waals surface area contributed by atoms with Crippen LogP contribution in [-0.2, 0) is 0 Å². The van der Waals surface area contributed by atoms with Crippen LogP contribution in [0.15, 0.2) is 43.0 Å². The van der Waals surface area contributed by atoms with Crippen molar-refractivity contribution in [3.8, 4) is 5.75 Å². The molecule has 90 valence electrons. The van der Waals surface area contributed by atoms with Crippen molar-refractivity contribution in [1.29, 1.82) is 0 Å². The molecule has 0 aliphatic carbocycles. The SMILES string of the molecule is COc1ccc(C(O)C(C)n2ccnc2)cc1. The first-order chi connectivity index (χ1) is 8.22. The molecule has 1 aromatic carbocycles. The maximum Gasteiger partial charge on any atom is 0.118 e. The van der Waals surface area contributed by atoms with Crippen LogP contribution in [0.5, 0.6) is 5.75 Å². The van der Waals surface area contributed by atoms with Gasteiger partial charge in [-0.3, -0.25) is 0 Å². The molecule has 1 N–H and O–H groups in total. The van der Waals surface area contributed by atoms with Crippen LogP contribution in [0.3, 0.4) is 0 Å². The topological polar surface area (TPSA) is 47.3 Å². The van der Waals surface area contributed by atoms with E-state index in [2.05, 4.69) is 4.98 Å². The number of rotatable bonds is 4. The molecule has 4 heteroatoms. The van der Waals surface area contributed by atoms with E-state index in [9.17, 15) is 5.11 Å². The van der Waals surface area contributed by atoms with Crippen LogP contribution in [0.25, 0.3) is 0 Å². The second-order valence-corrected chi connectivity index (χ2v) is 3.97. The quantitative estimate of drug-likeness (QED) is 0.879. The summed E-state index contributed by atoms with van der Waals surface area (Å²) in [5.41, 5.74) is 0.868. The molecule has 17 heavy (non-hydrogen) atoms. The third kappa shape index (κ3) is 2.47. The van der Waals surface area contributed by atoms with E-state index in [1.807, 2.05) is 42.0 Å². The van der Waals surface area contributed by atoms with E-state index in [-0.39, 0.29) is 6.04 Å². The van der Waals surface area contributed by atoms with E-state index in [0.717, 1.165) is 11.3 Å². The first-order valence-electron chi connectivity index (χ1n) is 5.52. The van der Waals surface area contributed by atoms with Gasteiger partial charge in [-0.15, -0.1) is 0 Å². The van der Waals surface area contributed by atoms with Crippen molar-refractivity contribution in [2.75, 3.05) is 7.11 Å². The zero-order chi connectivity index (χ0) is 12.3. The Morgan fingerprint density at radius 2 is 2.00 bits per heavy atom. The molecule has 1 aromatic heterocycles. The molecule has 2 aromatic rings. The first kappa shape index (κ1) is 11.7. The molecular formula is C13H16N2O2. The van der Waals surface area contributed by atoms with Crippen LogP contribution in [-0.4, -0.2) is 21.8 Å². The minimum absolute atomic E-state index is 0.0501. The number of ether oxygens (including phenoxy) is 1. The third-order valence-electron chi connectivity index (χ3n) is 2.91. The number of aliphatic hydroxyl groups is 1. The van der Waals surface area contributed by atoms with Crippen LogP contribution >= 0.6 is 0 Å². The van der Waals surface area contributed by atoms with Gasteiger partial charge in [0.1, 0.15) is 5.75 Å². The highest BCUT2D eigenvalue weighted by molar-refractivity contribution is 5.28. The minimum Gasteiger partial charge on any atom is -0.497 e. The van der Waals surface area contributed by atoms with Gasteiger partial charge in [0.15, 0.2) is 0 Å². The highest BCUT2D eigenvalue weighted by atomic mass is 16.5. The summed E-state index contributed by atoms with van der Waals surface area (Å²) in [6.07, 6.45) is 4.70. The van der Waals surface area contributed by atoms with Gasteiger partial charge >= 0.3 is 0 Å². The number of hydrogen-bond donors (Lipinski definition) is 1. The minimum atomic E-state index is -0.560. The van der Waals surface area contributed by atoms with Gasteiger partial charge in [0.05, 0.1) is 25.6 Å². The first-order valence-corrected chi connectivity index (χ1v) is 5.52. The van der Waals surface area contributed by atoms with Crippen molar-refractivity contribution < 1.29 is 9.84 Å². The standard InChI is InChI=1S/C13H16N2O2/c1-10(15-8-7-14-9-15)13(16)11-3-5-12(17-2)6-4-11/h3-10,13,16H,1-2H3. The van der Waals surface area contributed by atoms with E-state index in [4.69, 9.17) is 4.74 Å². The van der Waals surface area contributed by atoms with E-state index >= 15 is 0 Å². The molecule has 0 saturated heterocycles. The van der Waals surface area contributed by atoms with Gasteiger partial charge in [-0.25, -0.2) is 4.98 Å². The van der Waals surface area contributed by atoms with E-state index < -0.39 is 6.10 Å². The fourth-order valence-electron chi connectivity index (χ4n) is 1.75.